The number of benzene rings is 2. The summed E-state index contributed by atoms with van der Waals surface area (Å²) in [5.74, 6) is 1.06. The number of anilines is 5. The van der Waals surface area contributed by atoms with Crippen LogP contribution in [0.4, 0.5) is 28.8 Å². The van der Waals surface area contributed by atoms with Gasteiger partial charge in [-0.2, -0.15) is 4.98 Å². The fourth-order valence-corrected chi connectivity index (χ4v) is 5.11. The monoisotopic (exact) mass is 508 g/mol. The Labute approximate surface area is 212 Å². The van der Waals surface area contributed by atoms with Crippen LogP contribution in [0.5, 0.6) is 0 Å². The minimum absolute atomic E-state index is 0.321. The van der Waals surface area contributed by atoms with Gasteiger partial charge in [0.1, 0.15) is 5.56 Å². The van der Waals surface area contributed by atoms with Crippen LogP contribution in [0.15, 0.2) is 53.7 Å². The first kappa shape index (κ1) is 22.1. The number of hydrogen-bond donors (Lipinski definition) is 2. The summed E-state index contributed by atoms with van der Waals surface area (Å²) in [6, 6.07) is 13.3. The van der Waals surface area contributed by atoms with Crippen LogP contribution in [0.1, 0.15) is 10.4 Å². The number of halogens is 2. The highest BCUT2D eigenvalue weighted by Gasteiger charge is 2.41. The largest absolute Gasteiger partial charge is 0.369 e. The van der Waals surface area contributed by atoms with Crippen LogP contribution in [0.25, 0.3) is 0 Å². The van der Waals surface area contributed by atoms with Gasteiger partial charge in [0, 0.05) is 50.3 Å². The number of fused-ring (bicyclic) bond motifs is 3. The van der Waals surface area contributed by atoms with Crippen LogP contribution in [-0.2, 0) is 0 Å². The molecule has 0 spiro atoms. The number of aliphatic imine (C=N–C) groups is 1. The highest BCUT2D eigenvalue weighted by molar-refractivity contribution is 6.43. The molecule has 2 aromatic carbocycles. The van der Waals surface area contributed by atoms with Gasteiger partial charge in [0.25, 0.3) is 5.91 Å². The fraction of sp³-hybridized carbons (Fsp3) is 0.250. The average Bonchev–Trinajstić information content (AvgIpc) is 3.37. The van der Waals surface area contributed by atoms with E-state index in [2.05, 4.69) is 42.6 Å². The summed E-state index contributed by atoms with van der Waals surface area (Å²) in [6.45, 7) is 5.08. The Morgan fingerprint density at radius 2 is 1.71 bits per heavy atom. The van der Waals surface area contributed by atoms with E-state index in [0.29, 0.717) is 52.1 Å². The summed E-state index contributed by atoms with van der Waals surface area (Å²) in [5.41, 5.74) is 2.82. The third-order valence-corrected chi connectivity index (χ3v) is 6.85. The summed E-state index contributed by atoms with van der Waals surface area (Å²) < 4.78 is 0. The van der Waals surface area contributed by atoms with E-state index in [9.17, 15) is 4.79 Å². The maximum absolute atomic E-state index is 13.5. The van der Waals surface area contributed by atoms with E-state index in [1.165, 1.54) is 16.8 Å². The summed E-state index contributed by atoms with van der Waals surface area (Å²) in [5, 5.41) is 7.36. The number of carbonyl (C=O) groups is 1. The van der Waals surface area contributed by atoms with Crippen LogP contribution in [-0.4, -0.2) is 61.1 Å². The smallest absolute Gasteiger partial charge is 0.270 e. The molecule has 0 aliphatic carbocycles. The zero-order valence-corrected chi connectivity index (χ0v) is 20.2. The average molecular weight is 509 g/mol. The lowest BCUT2D eigenvalue weighted by atomic mass is 10.1. The second kappa shape index (κ2) is 8.99. The number of guanidine groups is 1. The quantitative estimate of drug-likeness (QED) is 0.554. The molecule has 3 aromatic rings. The van der Waals surface area contributed by atoms with Gasteiger partial charge in [-0.05, 0) is 36.4 Å². The number of aromatic nitrogens is 2. The van der Waals surface area contributed by atoms with Gasteiger partial charge in [0.2, 0.25) is 11.9 Å². The first-order valence-corrected chi connectivity index (χ1v) is 12.2. The van der Waals surface area contributed by atoms with Crippen molar-refractivity contribution < 1.29 is 4.79 Å². The first-order valence-electron chi connectivity index (χ1n) is 11.4. The van der Waals surface area contributed by atoms with E-state index >= 15 is 0 Å². The Hall–Kier alpha value is -3.40. The lowest BCUT2D eigenvalue weighted by molar-refractivity contribution is 0.1000. The second-order valence-electron chi connectivity index (χ2n) is 8.38. The van der Waals surface area contributed by atoms with E-state index in [-0.39, 0.29) is 5.91 Å². The molecule has 0 atom stereocenters. The SMILES string of the molecule is O=C1c2cnc(Nc3ccc(N4CCNCC4)cc3)nc2N2CCN=C2N1c1c(Cl)cccc1Cl. The lowest BCUT2D eigenvalue weighted by Gasteiger charge is -2.35. The van der Waals surface area contributed by atoms with Crippen molar-refractivity contribution >= 4 is 63.9 Å². The van der Waals surface area contributed by atoms with Gasteiger partial charge in [0.05, 0.1) is 22.3 Å². The molecule has 4 heterocycles. The topological polar surface area (TPSA) is 89.0 Å². The number of para-hydroxylation sites is 1. The van der Waals surface area contributed by atoms with E-state index < -0.39 is 0 Å². The van der Waals surface area contributed by atoms with E-state index in [1.54, 1.807) is 18.2 Å². The van der Waals surface area contributed by atoms with Crippen molar-refractivity contribution in [2.75, 3.05) is 59.3 Å². The molecule has 11 heteroatoms. The molecule has 0 radical (unpaired) electrons. The minimum Gasteiger partial charge on any atom is -0.369 e. The van der Waals surface area contributed by atoms with Crippen molar-refractivity contribution in [1.82, 2.24) is 15.3 Å². The molecular weight excluding hydrogens is 487 g/mol. The summed E-state index contributed by atoms with van der Waals surface area (Å²) in [6.07, 6.45) is 1.54. The molecule has 1 saturated heterocycles. The summed E-state index contributed by atoms with van der Waals surface area (Å²) in [7, 11) is 0. The molecule has 1 amide bonds. The molecule has 35 heavy (non-hydrogen) atoms. The van der Waals surface area contributed by atoms with Gasteiger partial charge in [0.15, 0.2) is 5.82 Å². The zero-order chi connectivity index (χ0) is 23.9. The van der Waals surface area contributed by atoms with E-state index in [0.717, 1.165) is 31.9 Å². The van der Waals surface area contributed by atoms with Gasteiger partial charge in [-0.3, -0.25) is 14.7 Å². The predicted molar refractivity (Wildman–Crippen MR) is 140 cm³/mol. The molecule has 0 bridgehead atoms. The Morgan fingerprint density at radius 1 is 0.971 bits per heavy atom. The van der Waals surface area contributed by atoms with Crippen molar-refractivity contribution in [1.29, 1.82) is 0 Å². The molecule has 0 unspecified atom stereocenters. The summed E-state index contributed by atoms with van der Waals surface area (Å²) in [4.78, 5) is 32.9. The molecule has 1 aromatic heterocycles. The third-order valence-electron chi connectivity index (χ3n) is 6.24. The molecule has 1 fully saturated rings. The molecule has 178 valence electrons. The molecule has 9 nitrogen and oxygen atoms in total. The van der Waals surface area contributed by atoms with Gasteiger partial charge >= 0.3 is 0 Å². The van der Waals surface area contributed by atoms with Gasteiger partial charge in [-0.25, -0.2) is 9.88 Å². The minimum atomic E-state index is -0.321. The standard InChI is InChI=1S/C24H22Cl2N8O/c25-18-2-1-3-19(26)20(18)34-22(35)17-14-29-23(31-21(17)33-13-10-28-24(33)34)30-15-4-6-16(7-5-15)32-11-8-27-9-12-32/h1-7,14,27H,8-13H2,(H,29,30,31). The normalized spacial score (nSPS) is 17.3. The maximum Gasteiger partial charge on any atom is 0.270 e. The highest BCUT2D eigenvalue weighted by atomic mass is 35.5. The van der Waals surface area contributed by atoms with Crippen molar-refractivity contribution in [3.05, 3.63) is 64.3 Å². The van der Waals surface area contributed by atoms with Crippen molar-refractivity contribution in [3.63, 3.8) is 0 Å². The number of piperazine rings is 1. The number of nitrogens with one attached hydrogen (secondary N) is 2. The van der Waals surface area contributed by atoms with Crippen LogP contribution in [0.2, 0.25) is 10.0 Å². The van der Waals surface area contributed by atoms with Gasteiger partial charge < -0.3 is 15.5 Å². The van der Waals surface area contributed by atoms with Crippen LogP contribution in [0, 0.1) is 0 Å². The number of rotatable bonds is 4. The Balaban J connectivity index is 1.29. The Morgan fingerprint density at radius 3 is 2.46 bits per heavy atom. The van der Waals surface area contributed by atoms with Gasteiger partial charge in [-0.15, -0.1) is 0 Å². The molecule has 3 aliphatic rings. The number of hydrogen-bond acceptors (Lipinski definition) is 8. The number of nitrogens with zero attached hydrogens (tertiary/aromatic N) is 6. The summed E-state index contributed by atoms with van der Waals surface area (Å²) >= 11 is 12.8. The van der Waals surface area contributed by atoms with Crippen LogP contribution < -0.4 is 25.3 Å². The highest BCUT2D eigenvalue weighted by Crippen LogP contribution is 2.39. The first-order chi connectivity index (χ1) is 17.1. The molecule has 3 aliphatic heterocycles. The lowest BCUT2D eigenvalue weighted by Crippen LogP contribution is -2.51. The van der Waals surface area contributed by atoms with E-state index in [4.69, 9.17) is 23.2 Å². The zero-order valence-electron chi connectivity index (χ0n) is 18.7. The van der Waals surface area contributed by atoms with Crippen molar-refractivity contribution in [3.8, 4) is 0 Å². The molecular formula is C24H22Cl2N8O. The Bertz CT molecular complexity index is 1300. The van der Waals surface area contributed by atoms with Crippen molar-refractivity contribution in [2.24, 2.45) is 4.99 Å². The molecule has 2 N–H and O–H groups in total. The second-order valence-corrected chi connectivity index (χ2v) is 9.20. The third kappa shape index (κ3) is 3.95. The number of carbonyl (C=O) groups excluding carboxylic acids is 1. The molecule has 0 saturated carbocycles. The van der Waals surface area contributed by atoms with E-state index in [1.807, 2.05) is 17.0 Å². The van der Waals surface area contributed by atoms with Crippen molar-refractivity contribution in [2.45, 2.75) is 0 Å². The maximum atomic E-state index is 13.5. The van der Waals surface area contributed by atoms with Crippen LogP contribution in [0.3, 0.4) is 0 Å². The number of amides is 1. The predicted octanol–water partition coefficient (Wildman–Crippen LogP) is 3.77. The fourth-order valence-electron chi connectivity index (χ4n) is 4.54. The van der Waals surface area contributed by atoms with Gasteiger partial charge in [-0.1, -0.05) is 29.3 Å². The Kier molecular flexibility index (Phi) is 5.68. The molecule has 6 rings (SSSR count). The van der Waals surface area contributed by atoms with Crippen LogP contribution >= 0.6 is 23.2 Å².